The van der Waals surface area contributed by atoms with Crippen LogP contribution in [0.5, 0.6) is 5.75 Å². The van der Waals surface area contributed by atoms with Crippen LogP contribution in [-0.4, -0.2) is 27.8 Å². The van der Waals surface area contributed by atoms with E-state index < -0.39 is 0 Å². The number of pyridine rings is 2. The van der Waals surface area contributed by atoms with Gasteiger partial charge in [0.2, 0.25) is 0 Å². The molecule has 0 spiro atoms. The van der Waals surface area contributed by atoms with E-state index in [0.29, 0.717) is 46.3 Å². The van der Waals surface area contributed by atoms with Crippen molar-refractivity contribution in [3.63, 3.8) is 0 Å². The molecule has 0 aliphatic heterocycles. The maximum atomic E-state index is 13.7. The van der Waals surface area contributed by atoms with Crippen molar-refractivity contribution in [2.45, 2.75) is 12.8 Å². The molecule has 0 bridgehead atoms. The number of H-pyrrole nitrogens is 1. The van der Waals surface area contributed by atoms with Crippen LogP contribution in [-0.2, 0) is 12.8 Å². The quantitative estimate of drug-likeness (QED) is 0.515. The summed E-state index contributed by atoms with van der Waals surface area (Å²) in [6.07, 6.45) is 5.96. The number of ether oxygens (including phenoxy) is 1. The van der Waals surface area contributed by atoms with Gasteiger partial charge >= 0.3 is 0 Å². The van der Waals surface area contributed by atoms with E-state index in [4.69, 9.17) is 4.74 Å². The Bertz CT molecular complexity index is 1140. The zero-order valence-electron chi connectivity index (χ0n) is 15.3. The molecule has 140 valence electrons. The Morgan fingerprint density at radius 3 is 2.71 bits per heavy atom. The molecule has 4 rings (SSSR count). The van der Waals surface area contributed by atoms with Gasteiger partial charge in [-0.3, -0.25) is 9.78 Å². The van der Waals surface area contributed by atoms with E-state index in [9.17, 15) is 9.18 Å². The van der Waals surface area contributed by atoms with Crippen LogP contribution >= 0.6 is 0 Å². The van der Waals surface area contributed by atoms with E-state index in [0.717, 1.165) is 5.69 Å². The molecule has 0 unspecified atom stereocenters. The van der Waals surface area contributed by atoms with Crippen molar-refractivity contribution in [2.75, 3.05) is 7.11 Å². The van der Waals surface area contributed by atoms with Gasteiger partial charge < -0.3 is 9.72 Å². The van der Waals surface area contributed by atoms with E-state index in [2.05, 4.69) is 15.0 Å². The van der Waals surface area contributed by atoms with Crippen molar-refractivity contribution in [3.05, 3.63) is 89.3 Å². The highest BCUT2D eigenvalue weighted by molar-refractivity contribution is 6.15. The second kappa shape index (κ2) is 7.60. The number of rotatable bonds is 6. The number of hydrogen-bond donors (Lipinski definition) is 1. The lowest BCUT2D eigenvalue weighted by Gasteiger charge is -2.05. The Morgan fingerprint density at radius 2 is 1.96 bits per heavy atom. The molecule has 0 aliphatic rings. The Hall–Kier alpha value is -3.54. The number of methoxy groups -OCH3 is 1. The molecule has 1 aromatic carbocycles. The van der Waals surface area contributed by atoms with E-state index in [-0.39, 0.29) is 11.6 Å². The molecule has 6 heteroatoms. The van der Waals surface area contributed by atoms with E-state index in [1.807, 2.05) is 12.1 Å². The first-order valence-electron chi connectivity index (χ1n) is 8.90. The predicted molar refractivity (Wildman–Crippen MR) is 104 cm³/mol. The first kappa shape index (κ1) is 17.9. The van der Waals surface area contributed by atoms with Crippen molar-refractivity contribution in [3.8, 4) is 5.75 Å². The molecule has 0 fully saturated rings. The Kier molecular flexibility index (Phi) is 4.85. The number of nitrogens with one attached hydrogen (secondary N) is 1. The fraction of sp³-hybridized carbons (Fsp3) is 0.136. The molecule has 3 aromatic heterocycles. The molecule has 0 aliphatic carbocycles. The highest BCUT2D eigenvalue weighted by atomic mass is 19.1. The fourth-order valence-electron chi connectivity index (χ4n) is 3.11. The zero-order valence-corrected chi connectivity index (χ0v) is 15.3. The number of carbonyl (C=O) groups is 1. The number of hydrogen-bond acceptors (Lipinski definition) is 4. The number of aryl methyl sites for hydroxylation is 2. The number of fused-ring (bicyclic) bond motifs is 1. The smallest absolute Gasteiger partial charge is 0.196 e. The summed E-state index contributed by atoms with van der Waals surface area (Å²) in [5.74, 6) is 0.231. The number of nitrogens with zero attached hydrogens (tertiary/aromatic N) is 2. The van der Waals surface area contributed by atoms with Crippen LogP contribution in [0, 0.1) is 5.82 Å². The van der Waals surface area contributed by atoms with Crippen molar-refractivity contribution in [1.29, 1.82) is 0 Å². The normalized spacial score (nSPS) is 10.9. The molecular weight excluding hydrogens is 357 g/mol. The standard InChI is InChI=1S/C22H18FN3O2/c1-28-17-10-18-19(13-26-22(18)25-12-17)21(27)15-7-9-16(24-11-15)8-6-14-4-2-3-5-20(14)23/h2-5,7,9-13H,6,8H2,1H3,(H,25,26). The number of ketones is 1. The van der Waals surface area contributed by atoms with Crippen LogP contribution in [0.3, 0.4) is 0 Å². The molecule has 0 saturated carbocycles. The van der Waals surface area contributed by atoms with Gasteiger partial charge in [0.05, 0.1) is 13.3 Å². The van der Waals surface area contributed by atoms with Crippen molar-refractivity contribution >= 4 is 16.8 Å². The van der Waals surface area contributed by atoms with Crippen LogP contribution in [0.2, 0.25) is 0 Å². The minimum atomic E-state index is -0.210. The number of aromatic amines is 1. The molecule has 4 aromatic rings. The molecule has 0 atom stereocenters. The Morgan fingerprint density at radius 1 is 1.11 bits per heavy atom. The minimum Gasteiger partial charge on any atom is -0.495 e. The van der Waals surface area contributed by atoms with Gasteiger partial charge in [0.1, 0.15) is 17.2 Å². The highest BCUT2D eigenvalue weighted by Gasteiger charge is 2.16. The maximum Gasteiger partial charge on any atom is 0.196 e. The highest BCUT2D eigenvalue weighted by Crippen LogP contribution is 2.23. The third-order valence-electron chi connectivity index (χ3n) is 4.68. The summed E-state index contributed by atoms with van der Waals surface area (Å²) < 4.78 is 18.9. The monoisotopic (exact) mass is 375 g/mol. The van der Waals surface area contributed by atoms with Crippen LogP contribution in [0.1, 0.15) is 27.2 Å². The molecule has 1 N–H and O–H groups in total. The van der Waals surface area contributed by atoms with Crippen LogP contribution in [0.4, 0.5) is 4.39 Å². The second-order valence-corrected chi connectivity index (χ2v) is 6.43. The topological polar surface area (TPSA) is 67.9 Å². The molecule has 0 radical (unpaired) electrons. The van der Waals surface area contributed by atoms with E-state index in [1.165, 1.54) is 6.07 Å². The van der Waals surface area contributed by atoms with Gasteiger partial charge in [0, 0.05) is 34.6 Å². The first-order chi connectivity index (χ1) is 13.7. The number of benzene rings is 1. The largest absolute Gasteiger partial charge is 0.495 e. The van der Waals surface area contributed by atoms with Gasteiger partial charge in [-0.25, -0.2) is 9.37 Å². The zero-order chi connectivity index (χ0) is 19.5. The SMILES string of the molecule is COc1cnc2[nH]cc(C(=O)c3ccc(CCc4ccccc4F)nc3)c2c1. The second-order valence-electron chi connectivity index (χ2n) is 6.43. The van der Waals surface area contributed by atoms with Crippen LogP contribution in [0.15, 0.2) is 61.1 Å². The Labute approximate surface area is 161 Å². The van der Waals surface area contributed by atoms with Gasteiger partial charge in [-0.05, 0) is 42.7 Å². The lowest BCUT2D eigenvalue weighted by molar-refractivity contribution is 0.104. The minimum absolute atomic E-state index is 0.144. The lowest BCUT2D eigenvalue weighted by atomic mass is 10.0. The fourth-order valence-corrected chi connectivity index (χ4v) is 3.11. The predicted octanol–water partition coefficient (Wildman–Crippen LogP) is 4.12. The molecule has 0 saturated heterocycles. The Balaban J connectivity index is 1.52. The first-order valence-corrected chi connectivity index (χ1v) is 8.90. The summed E-state index contributed by atoms with van der Waals surface area (Å²) in [6.45, 7) is 0. The molecule has 5 nitrogen and oxygen atoms in total. The van der Waals surface area contributed by atoms with Gasteiger partial charge in [-0.2, -0.15) is 0 Å². The summed E-state index contributed by atoms with van der Waals surface area (Å²) in [4.78, 5) is 24.5. The number of halogens is 1. The van der Waals surface area contributed by atoms with Crippen LogP contribution in [0.25, 0.3) is 11.0 Å². The summed E-state index contributed by atoms with van der Waals surface area (Å²) >= 11 is 0. The number of carbonyl (C=O) groups excluding carboxylic acids is 1. The van der Waals surface area contributed by atoms with Crippen molar-refractivity contribution in [2.24, 2.45) is 0 Å². The third kappa shape index (κ3) is 3.49. The van der Waals surface area contributed by atoms with Crippen LogP contribution < -0.4 is 4.74 Å². The molecule has 0 amide bonds. The third-order valence-corrected chi connectivity index (χ3v) is 4.68. The molecule has 3 heterocycles. The van der Waals surface area contributed by atoms with Gasteiger partial charge in [0.15, 0.2) is 5.78 Å². The lowest BCUT2D eigenvalue weighted by Crippen LogP contribution is -2.03. The van der Waals surface area contributed by atoms with Gasteiger partial charge in [-0.1, -0.05) is 18.2 Å². The average molecular weight is 375 g/mol. The molecular formula is C22H18FN3O2. The van der Waals surface area contributed by atoms with Gasteiger partial charge in [-0.15, -0.1) is 0 Å². The summed E-state index contributed by atoms with van der Waals surface area (Å²) in [7, 11) is 1.56. The van der Waals surface area contributed by atoms with E-state index in [1.54, 1.807) is 50.0 Å². The number of aromatic nitrogens is 3. The maximum absolute atomic E-state index is 13.7. The van der Waals surface area contributed by atoms with E-state index >= 15 is 0 Å². The van der Waals surface area contributed by atoms with Crippen molar-refractivity contribution in [1.82, 2.24) is 15.0 Å². The summed E-state index contributed by atoms with van der Waals surface area (Å²) in [6, 6.07) is 12.1. The van der Waals surface area contributed by atoms with Gasteiger partial charge in [0.25, 0.3) is 0 Å². The summed E-state index contributed by atoms with van der Waals surface area (Å²) in [5.41, 5.74) is 3.09. The molecule has 28 heavy (non-hydrogen) atoms. The average Bonchev–Trinajstić information content (AvgIpc) is 3.16. The van der Waals surface area contributed by atoms with Crippen molar-refractivity contribution < 1.29 is 13.9 Å². The summed E-state index contributed by atoms with van der Waals surface area (Å²) in [5, 5.41) is 0.702.